The average molecular weight is 391 g/mol. The lowest BCUT2D eigenvalue weighted by Crippen LogP contribution is -2.35. The highest BCUT2D eigenvalue weighted by Gasteiger charge is 2.13. The Bertz CT molecular complexity index is 721. The number of carbonyl (C=O) groups excluding carboxylic acids is 1. The number of nitrogens with zero attached hydrogens (tertiary/aromatic N) is 1. The Morgan fingerprint density at radius 3 is 2.75 bits per heavy atom. The van der Waals surface area contributed by atoms with Crippen molar-refractivity contribution in [3.63, 3.8) is 0 Å². The molecule has 1 N–H and O–H groups in total. The number of ether oxygens (including phenoxy) is 1. The predicted octanol–water partition coefficient (Wildman–Crippen LogP) is 3.53. The summed E-state index contributed by atoms with van der Waals surface area (Å²) in [6, 6.07) is 11.5. The van der Waals surface area contributed by atoms with Gasteiger partial charge >= 0.3 is 0 Å². The van der Waals surface area contributed by atoms with E-state index in [0.29, 0.717) is 10.4 Å². The van der Waals surface area contributed by atoms with Crippen LogP contribution in [0.1, 0.15) is 11.3 Å². The highest BCUT2D eigenvalue weighted by Crippen LogP contribution is 2.19. The molecular formula is C18H19BrN2O3. The van der Waals surface area contributed by atoms with Crippen molar-refractivity contribution in [2.24, 2.45) is 0 Å². The molecule has 2 aromatic rings. The van der Waals surface area contributed by atoms with Gasteiger partial charge in [-0.25, -0.2) is 0 Å². The first kappa shape index (κ1) is 17.0. The number of benzene rings is 1. The van der Waals surface area contributed by atoms with Gasteiger partial charge in [-0.2, -0.15) is 0 Å². The summed E-state index contributed by atoms with van der Waals surface area (Å²) in [6.45, 7) is 4.14. The Morgan fingerprint density at radius 1 is 1.21 bits per heavy atom. The fourth-order valence-corrected chi connectivity index (χ4v) is 2.85. The molecule has 5 nitrogen and oxygen atoms in total. The first-order valence-corrected chi connectivity index (χ1v) is 8.62. The van der Waals surface area contributed by atoms with Crippen molar-refractivity contribution < 1.29 is 13.9 Å². The van der Waals surface area contributed by atoms with Gasteiger partial charge in [0.2, 0.25) is 5.91 Å². The van der Waals surface area contributed by atoms with Gasteiger partial charge in [0.25, 0.3) is 0 Å². The van der Waals surface area contributed by atoms with E-state index in [1.807, 2.05) is 24.3 Å². The zero-order valence-electron chi connectivity index (χ0n) is 13.2. The van der Waals surface area contributed by atoms with E-state index in [4.69, 9.17) is 9.15 Å². The third-order valence-corrected chi connectivity index (χ3v) is 4.19. The summed E-state index contributed by atoms with van der Waals surface area (Å²) in [5, 5.41) is 2.94. The molecule has 1 aromatic carbocycles. The molecule has 0 atom stereocenters. The molecule has 1 aromatic heterocycles. The first-order chi connectivity index (χ1) is 11.7. The van der Waals surface area contributed by atoms with Crippen LogP contribution >= 0.6 is 15.9 Å². The van der Waals surface area contributed by atoms with Crippen LogP contribution in [0, 0.1) is 0 Å². The van der Waals surface area contributed by atoms with Crippen LogP contribution in [0.5, 0.6) is 0 Å². The van der Waals surface area contributed by atoms with Crippen molar-refractivity contribution in [2.45, 2.75) is 6.54 Å². The van der Waals surface area contributed by atoms with Gasteiger partial charge in [-0.1, -0.05) is 18.2 Å². The van der Waals surface area contributed by atoms with Crippen molar-refractivity contribution in [1.29, 1.82) is 0 Å². The van der Waals surface area contributed by atoms with E-state index in [0.717, 1.165) is 44.1 Å². The lowest BCUT2D eigenvalue weighted by atomic mass is 10.1. The lowest BCUT2D eigenvalue weighted by molar-refractivity contribution is -0.111. The molecule has 3 rings (SSSR count). The number of anilines is 1. The van der Waals surface area contributed by atoms with E-state index in [-0.39, 0.29) is 5.91 Å². The number of furan rings is 1. The standard InChI is InChI=1S/C18H19BrN2O3/c19-17-7-5-15(24-17)6-8-18(22)20-16-4-2-1-3-14(16)13-21-9-11-23-12-10-21/h1-8H,9-13H2,(H,20,22)/b8-6-. The minimum absolute atomic E-state index is 0.183. The Labute approximate surface area is 149 Å². The topological polar surface area (TPSA) is 54.7 Å². The van der Waals surface area contributed by atoms with Crippen molar-refractivity contribution >= 4 is 33.6 Å². The van der Waals surface area contributed by atoms with Gasteiger partial charge in [0.1, 0.15) is 5.76 Å². The minimum atomic E-state index is -0.183. The molecule has 1 saturated heterocycles. The molecule has 126 valence electrons. The lowest BCUT2D eigenvalue weighted by Gasteiger charge is -2.27. The molecule has 6 heteroatoms. The van der Waals surface area contributed by atoms with Gasteiger partial charge in [0.15, 0.2) is 4.67 Å². The van der Waals surface area contributed by atoms with Crippen LogP contribution in [0.4, 0.5) is 5.69 Å². The number of carbonyl (C=O) groups is 1. The number of amides is 1. The Morgan fingerprint density at radius 2 is 2.00 bits per heavy atom. The van der Waals surface area contributed by atoms with Gasteiger partial charge in [0.05, 0.1) is 13.2 Å². The number of hydrogen-bond donors (Lipinski definition) is 1. The van der Waals surface area contributed by atoms with Gasteiger partial charge in [-0.05, 0) is 45.8 Å². The van der Waals surface area contributed by atoms with E-state index >= 15 is 0 Å². The molecule has 0 spiro atoms. The van der Waals surface area contributed by atoms with E-state index in [1.165, 1.54) is 6.08 Å². The summed E-state index contributed by atoms with van der Waals surface area (Å²) in [5.74, 6) is 0.440. The molecule has 1 aliphatic rings. The monoisotopic (exact) mass is 390 g/mol. The maximum Gasteiger partial charge on any atom is 0.248 e. The molecule has 0 radical (unpaired) electrons. The largest absolute Gasteiger partial charge is 0.450 e. The van der Waals surface area contributed by atoms with Gasteiger partial charge in [0, 0.05) is 31.4 Å². The Kier molecular flexibility index (Phi) is 5.85. The zero-order chi connectivity index (χ0) is 16.8. The number of rotatable bonds is 5. The SMILES string of the molecule is O=C(/C=C\c1ccc(Br)o1)Nc1ccccc1CN1CCOCC1. The van der Waals surface area contributed by atoms with Crippen molar-refractivity contribution in [3.05, 3.63) is 58.5 Å². The van der Waals surface area contributed by atoms with Crippen LogP contribution in [0.3, 0.4) is 0 Å². The number of morpholine rings is 1. The van der Waals surface area contributed by atoms with E-state index < -0.39 is 0 Å². The van der Waals surface area contributed by atoms with E-state index in [2.05, 4.69) is 26.1 Å². The fraction of sp³-hybridized carbons (Fsp3) is 0.278. The molecule has 0 unspecified atom stereocenters. The molecule has 0 aliphatic carbocycles. The van der Waals surface area contributed by atoms with Crippen LogP contribution in [0.2, 0.25) is 0 Å². The third-order valence-electron chi connectivity index (χ3n) is 3.77. The molecule has 0 saturated carbocycles. The predicted molar refractivity (Wildman–Crippen MR) is 96.6 cm³/mol. The molecule has 2 heterocycles. The van der Waals surface area contributed by atoms with E-state index in [1.54, 1.807) is 18.2 Å². The van der Waals surface area contributed by atoms with Crippen LogP contribution < -0.4 is 5.32 Å². The van der Waals surface area contributed by atoms with Crippen LogP contribution in [0.15, 0.2) is 51.6 Å². The van der Waals surface area contributed by atoms with Gasteiger partial charge in [-0.3, -0.25) is 9.69 Å². The Hall–Kier alpha value is -1.89. The Balaban J connectivity index is 1.63. The number of halogens is 1. The molecule has 1 aliphatic heterocycles. The van der Waals surface area contributed by atoms with Gasteiger partial charge < -0.3 is 14.5 Å². The highest BCUT2D eigenvalue weighted by molar-refractivity contribution is 9.10. The van der Waals surface area contributed by atoms with Crippen LogP contribution in [-0.4, -0.2) is 37.1 Å². The molecule has 1 amide bonds. The number of nitrogens with one attached hydrogen (secondary N) is 1. The zero-order valence-corrected chi connectivity index (χ0v) is 14.8. The normalized spacial score (nSPS) is 15.7. The number of para-hydroxylation sites is 1. The summed E-state index contributed by atoms with van der Waals surface area (Å²) in [6.07, 6.45) is 3.11. The maximum absolute atomic E-state index is 12.2. The van der Waals surface area contributed by atoms with Gasteiger partial charge in [-0.15, -0.1) is 0 Å². The second-order valence-corrected chi connectivity index (χ2v) is 6.29. The second-order valence-electron chi connectivity index (χ2n) is 5.51. The van der Waals surface area contributed by atoms with Crippen molar-refractivity contribution in [3.8, 4) is 0 Å². The molecular weight excluding hydrogens is 372 g/mol. The van der Waals surface area contributed by atoms with Crippen molar-refractivity contribution in [2.75, 3.05) is 31.6 Å². The second kappa shape index (κ2) is 8.28. The summed E-state index contributed by atoms with van der Waals surface area (Å²) >= 11 is 3.23. The summed E-state index contributed by atoms with van der Waals surface area (Å²) < 4.78 is 11.4. The molecule has 0 bridgehead atoms. The first-order valence-electron chi connectivity index (χ1n) is 7.83. The average Bonchev–Trinajstić information content (AvgIpc) is 3.01. The van der Waals surface area contributed by atoms with Crippen LogP contribution in [-0.2, 0) is 16.1 Å². The minimum Gasteiger partial charge on any atom is -0.450 e. The summed E-state index contributed by atoms with van der Waals surface area (Å²) in [5.41, 5.74) is 1.93. The maximum atomic E-state index is 12.2. The summed E-state index contributed by atoms with van der Waals surface area (Å²) in [4.78, 5) is 14.5. The van der Waals surface area contributed by atoms with E-state index in [9.17, 15) is 4.79 Å². The molecule has 1 fully saturated rings. The summed E-state index contributed by atoms with van der Waals surface area (Å²) in [7, 11) is 0. The smallest absolute Gasteiger partial charge is 0.248 e. The number of hydrogen-bond acceptors (Lipinski definition) is 4. The molecule has 24 heavy (non-hydrogen) atoms. The fourth-order valence-electron chi connectivity index (χ4n) is 2.53. The third kappa shape index (κ3) is 4.80. The highest BCUT2D eigenvalue weighted by atomic mass is 79.9. The quantitative estimate of drug-likeness (QED) is 0.793. The van der Waals surface area contributed by atoms with Crippen molar-refractivity contribution in [1.82, 2.24) is 4.90 Å². The van der Waals surface area contributed by atoms with Crippen LogP contribution in [0.25, 0.3) is 6.08 Å².